The predicted octanol–water partition coefficient (Wildman–Crippen LogP) is 4.79. The predicted molar refractivity (Wildman–Crippen MR) is 112 cm³/mol. The molecule has 0 atom stereocenters. The third kappa shape index (κ3) is 4.45. The molecule has 9 heteroatoms. The number of methoxy groups -OCH3 is 1. The first-order chi connectivity index (χ1) is 11.8. The van der Waals surface area contributed by atoms with Crippen LogP contribution in [0.2, 0.25) is 0 Å². The van der Waals surface area contributed by atoms with Crippen molar-refractivity contribution < 1.29 is 17.7 Å². The van der Waals surface area contributed by atoms with E-state index in [4.69, 9.17) is 17.0 Å². The Morgan fingerprint density at radius 2 is 1.65 bits per heavy atom. The summed E-state index contributed by atoms with van der Waals surface area (Å²) in [7, 11) is -0.0445. The van der Waals surface area contributed by atoms with Gasteiger partial charge in [0.1, 0.15) is 14.5 Å². The van der Waals surface area contributed by atoms with Crippen LogP contribution in [0.3, 0.4) is 0 Å². The van der Waals surface area contributed by atoms with Gasteiger partial charge < -0.3 is 4.74 Å². The molecule has 0 radical (unpaired) electrons. The molecule has 2 aromatic carbocycles. The van der Waals surface area contributed by atoms with Gasteiger partial charge in [0, 0.05) is 5.56 Å². The van der Waals surface area contributed by atoms with Crippen LogP contribution in [0.15, 0.2) is 47.4 Å². The van der Waals surface area contributed by atoms with E-state index in [9.17, 15) is 13.0 Å². The first kappa shape index (κ1) is 21.7. The number of hydrogen-bond donors (Lipinski definition) is 1. The van der Waals surface area contributed by atoms with Crippen molar-refractivity contribution in [2.45, 2.75) is 11.8 Å². The van der Waals surface area contributed by atoms with Crippen LogP contribution in [-0.2, 0) is 10.1 Å². The van der Waals surface area contributed by atoms with Gasteiger partial charge in [-0.05, 0) is 30.2 Å². The fourth-order valence-electron chi connectivity index (χ4n) is 2.44. The van der Waals surface area contributed by atoms with Gasteiger partial charge >= 0.3 is 29.6 Å². The van der Waals surface area contributed by atoms with Crippen molar-refractivity contribution in [1.29, 1.82) is 0 Å². The van der Waals surface area contributed by atoms with Crippen LogP contribution in [0.1, 0.15) is 5.56 Å². The molecular weight excluding hydrogens is 419 g/mol. The molecule has 1 heterocycles. The summed E-state index contributed by atoms with van der Waals surface area (Å²) in [5.41, 5.74) is 3.59. The average molecular weight is 435 g/mol. The number of benzene rings is 2. The third-order valence-electron chi connectivity index (χ3n) is 3.68. The fourth-order valence-corrected chi connectivity index (χ4v) is 6.04. The van der Waals surface area contributed by atoms with Gasteiger partial charge in [0.05, 0.1) is 12.0 Å². The Morgan fingerprint density at radius 3 is 2.23 bits per heavy atom. The second-order valence-electron chi connectivity index (χ2n) is 5.36. The Morgan fingerprint density at radius 1 is 1.04 bits per heavy atom. The van der Waals surface area contributed by atoms with Crippen LogP contribution in [0.5, 0.6) is 5.75 Å². The van der Waals surface area contributed by atoms with E-state index >= 15 is 0 Å². The zero-order valence-electron chi connectivity index (χ0n) is 13.3. The Balaban J connectivity index is 0.00000243. The van der Waals surface area contributed by atoms with Crippen molar-refractivity contribution in [3.8, 4) is 27.3 Å². The maximum atomic E-state index is 11.7. The number of rotatable bonds is 4. The van der Waals surface area contributed by atoms with E-state index in [1.54, 1.807) is 16.4 Å². The Kier molecular flexibility index (Phi) is 7.20. The van der Waals surface area contributed by atoms with E-state index < -0.39 is 10.1 Å². The summed E-state index contributed by atoms with van der Waals surface area (Å²) in [6.45, 7) is 2.02. The molecule has 3 aromatic rings. The molecule has 26 heavy (non-hydrogen) atoms. The first-order valence-corrected chi connectivity index (χ1v) is 11.2. The molecule has 0 aliphatic carbocycles. The van der Waals surface area contributed by atoms with Crippen molar-refractivity contribution >= 4 is 72.6 Å². The SMILES string of the molecule is COc1ccc(-c2c(-c3ccc(C)cc3)ssc2=S)cc1S(=O)(=O)O.[NaH]. The molecule has 0 saturated carbocycles. The molecule has 0 bridgehead atoms. The van der Waals surface area contributed by atoms with Crippen LogP contribution in [-0.4, -0.2) is 49.6 Å². The van der Waals surface area contributed by atoms with Crippen LogP contribution in [0.4, 0.5) is 0 Å². The van der Waals surface area contributed by atoms with Crippen LogP contribution < -0.4 is 4.74 Å². The normalized spacial score (nSPS) is 11.0. The van der Waals surface area contributed by atoms with Crippen molar-refractivity contribution in [3.05, 3.63) is 51.9 Å². The molecule has 0 saturated heterocycles. The molecule has 0 unspecified atom stereocenters. The molecule has 4 nitrogen and oxygen atoms in total. The molecule has 132 valence electrons. The molecule has 0 fully saturated rings. The maximum absolute atomic E-state index is 11.7. The Hall–Kier alpha value is -0.580. The van der Waals surface area contributed by atoms with Gasteiger partial charge in [-0.1, -0.05) is 68.8 Å². The monoisotopic (exact) mass is 434 g/mol. The minimum atomic E-state index is -4.41. The zero-order valence-corrected chi connectivity index (χ0v) is 16.6. The van der Waals surface area contributed by atoms with Gasteiger partial charge in [-0.2, -0.15) is 8.42 Å². The van der Waals surface area contributed by atoms with E-state index in [1.165, 1.54) is 29.6 Å². The Labute approximate surface area is 186 Å². The number of aryl methyl sites for hydroxylation is 1. The van der Waals surface area contributed by atoms with Gasteiger partial charge in [0.2, 0.25) is 0 Å². The number of ether oxygens (including phenoxy) is 1. The molecule has 1 N–H and O–H groups in total. The average Bonchev–Trinajstić information content (AvgIpc) is 2.96. The molecular formula is C17H15NaO4S4. The van der Waals surface area contributed by atoms with E-state index in [0.29, 0.717) is 9.39 Å². The van der Waals surface area contributed by atoms with Gasteiger partial charge in [0.15, 0.2) is 0 Å². The molecule has 0 amide bonds. The summed E-state index contributed by atoms with van der Waals surface area (Å²) < 4.78 is 38.5. The second-order valence-corrected chi connectivity index (χ2v) is 9.57. The molecule has 0 spiro atoms. The zero-order chi connectivity index (χ0) is 18.2. The van der Waals surface area contributed by atoms with Crippen LogP contribution in [0.25, 0.3) is 21.6 Å². The molecule has 3 rings (SSSR count). The van der Waals surface area contributed by atoms with Crippen LogP contribution >= 0.6 is 32.9 Å². The van der Waals surface area contributed by atoms with Gasteiger partial charge in [0.25, 0.3) is 10.1 Å². The summed E-state index contributed by atoms with van der Waals surface area (Å²) in [6, 6.07) is 12.7. The molecule has 0 aliphatic heterocycles. The van der Waals surface area contributed by atoms with Crippen LogP contribution in [0, 0.1) is 10.7 Å². The number of hydrogen-bond acceptors (Lipinski definition) is 6. The summed E-state index contributed by atoms with van der Waals surface area (Å²) >= 11 is 5.46. The van der Waals surface area contributed by atoms with E-state index in [2.05, 4.69) is 0 Å². The van der Waals surface area contributed by atoms with Gasteiger partial charge in [-0.3, -0.25) is 4.55 Å². The quantitative estimate of drug-likeness (QED) is 0.277. The minimum absolute atomic E-state index is 0. The van der Waals surface area contributed by atoms with Gasteiger partial charge in [-0.25, -0.2) is 0 Å². The van der Waals surface area contributed by atoms with Crippen molar-refractivity contribution in [2.75, 3.05) is 7.11 Å². The summed E-state index contributed by atoms with van der Waals surface area (Å²) in [5, 5.41) is 0. The first-order valence-electron chi connectivity index (χ1n) is 7.17. The fraction of sp³-hybridized carbons (Fsp3) is 0.118. The van der Waals surface area contributed by atoms with E-state index in [0.717, 1.165) is 21.6 Å². The topological polar surface area (TPSA) is 63.6 Å². The van der Waals surface area contributed by atoms with Crippen molar-refractivity contribution in [2.24, 2.45) is 0 Å². The van der Waals surface area contributed by atoms with Crippen molar-refractivity contribution in [3.63, 3.8) is 0 Å². The summed E-state index contributed by atoms with van der Waals surface area (Å²) in [4.78, 5) is 0.703. The molecule has 0 aliphatic rings. The summed E-state index contributed by atoms with van der Waals surface area (Å²) in [5.74, 6) is 0.0907. The van der Waals surface area contributed by atoms with E-state index in [1.807, 2.05) is 31.2 Å². The standard InChI is InChI=1S/C17H14O4S4.Na.H/c1-10-3-5-11(6-4-10)16-15(17(22)24-23-16)12-7-8-13(21-2)14(9-12)25(18,19)20;;/h3-9H,1-2H3,(H,18,19,20);;. The molecule has 1 aromatic heterocycles. The van der Waals surface area contributed by atoms with Gasteiger partial charge in [-0.15, -0.1) is 0 Å². The van der Waals surface area contributed by atoms with E-state index in [-0.39, 0.29) is 40.2 Å². The Bertz CT molecular complexity index is 1080. The second kappa shape index (κ2) is 8.62. The third-order valence-corrected chi connectivity index (χ3v) is 7.62. The van der Waals surface area contributed by atoms with Crippen molar-refractivity contribution in [1.82, 2.24) is 0 Å². The summed E-state index contributed by atoms with van der Waals surface area (Å²) in [6.07, 6.45) is 0.